The second-order valence-electron chi connectivity index (χ2n) is 5.13. The molecular weight excluding hydrogens is 266 g/mol. The predicted octanol–water partition coefficient (Wildman–Crippen LogP) is 2.92. The van der Waals surface area contributed by atoms with Crippen LogP contribution in [0.3, 0.4) is 0 Å². The van der Waals surface area contributed by atoms with E-state index in [-0.39, 0.29) is 17.3 Å². The molecule has 0 atom stereocenters. The first-order valence-electron chi connectivity index (χ1n) is 5.77. The van der Waals surface area contributed by atoms with Gasteiger partial charge in [0, 0.05) is 16.1 Å². The average molecular weight is 280 g/mol. The summed E-state index contributed by atoms with van der Waals surface area (Å²) in [7, 11) is 0. The monoisotopic (exact) mass is 279 g/mol. The number of carbonyl (C=O) groups excluding carboxylic acids is 1. The maximum absolute atomic E-state index is 11.8. The molecule has 1 aromatic heterocycles. The standard InChI is InChI=1S/C13H14ClN3O2/c1-13(2,3)15-10(18)12-17-16-11(19-12)8-5-4-6-9(14)7-8/h4-7H,1-3H3,(H,15,18). The highest BCUT2D eigenvalue weighted by atomic mass is 35.5. The molecule has 6 heteroatoms. The molecule has 1 aromatic carbocycles. The summed E-state index contributed by atoms with van der Waals surface area (Å²) < 4.78 is 5.34. The number of aromatic nitrogens is 2. The van der Waals surface area contributed by atoms with Gasteiger partial charge < -0.3 is 9.73 Å². The van der Waals surface area contributed by atoms with Gasteiger partial charge in [-0.05, 0) is 39.0 Å². The molecule has 0 aliphatic carbocycles. The molecule has 0 saturated heterocycles. The molecule has 19 heavy (non-hydrogen) atoms. The molecule has 0 fully saturated rings. The van der Waals surface area contributed by atoms with Gasteiger partial charge in [0.05, 0.1) is 0 Å². The Morgan fingerprint density at radius 1 is 1.32 bits per heavy atom. The van der Waals surface area contributed by atoms with Crippen LogP contribution in [0.5, 0.6) is 0 Å². The minimum atomic E-state index is -0.395. The lowest BCUT2D eigenvalue weighted by molar-refractivity contribution is 0.0884. The molecule has 2 rings (SSSR count). The number of nitrogens with zero attached hydrogens (tertiary/aromatic N) is 2. The Labute approximate surface area is 116 Å². The lowest BCUT2D eigenvalue weighted by atomic mass is 10.1. The van der Waals surface area contributed by atoms with Gasteiger partial charge in [0.15, 0.2) is 0 Å². The minimum Gasteiger partial charge on any atom is -0.412 e. The summed E-state index contributed by atoms with van der Waals surface area (Å²) in [6, 6.07) is 7.00. The van der Waals surface area contributed by atoms with Gasteiger partial charge in [0.25, 0.3) is 0 Å². The number of halogens is 1. The Hall–Kier alpha value is -1.88. The fraction of sp³-hybridized carbons (Fsp3) is 0.308. The van der Waals surface area contributed by atoms with Crippen molar-refractivity contribution in [1.82, 2.24) is 15.5 Å². The van der Waals surface area contributed by atoms with Gasteiger partial charge >= 0.3 is 11.8 Å². The van der Waals surface area contributed by atoms with Crippen LogP contribution in [0.4, 0.5) is 0 Å². The molecule has 100 valence electrons. The lowest BCUT2D eigenvalue weighted by Crippen LogP contribution is -2.40. The van der Waals surface area contributed by atoms with E-state index < -0.39 is 5.91 Å². The van der Waals surface area contributed by atoms with Crippen LogP contribution < -0.4 is 5.32 Å². The molecule has 0 bridgehead atoms. The van der Waals surface area contributed by atoms with Crippen LogP contribution in [0.2, 0.25) is 5.02 Å². The van der Waals surface area contributed by atoms with Crippen molar-refractivity contribution in [3.05, 3.63) is 35.2 Å². The predicted molar refractivity (Wildman–Crippen MR) is 72.0 cm³/mol. The molecule has 0 aliphatic heterocycles. The first kappa shape index (κ1) is 13.5. The van der Waals surface area contributed by atoms with Crippen molar-refractivity contribution in [2.45, 2.75) is 26.3 Å². The summed E-state index contributed by atoms with van der Waals surface area (Å²) in [5, 5.41) is 10.9. The van der Waals surface area contributed by atoms with E-state index in [1.54, 1.807) is 24.3 Å². The molecule has 0 aliphatic rings. The third-order valence-electron chi connectivity index (χ3n) is 2.18. The second-order valence-corrected chi connectivity index (χ2v) is 5.56. The Kier molecular flexibility index (Phi) is 3.57. The summed E-state index contributed by atoms with van der Waals surface area (Å²) in [5.41, 5.74) is 0.316. The smallest absolute Gasteiger partial charge is 0.309 e. The molecule has 0 saturated carbocycles. The molecule has 2 aromatic rings. The van der Waals surface area contributed by atoms with E-state index in [0.717, 1.165) is 0 Å². The van der Waals surface area contributed by atoms with E-state index in [0.29, 0.717) is 10.6 Å². The first-order chi connectivity index (χ1) is 8.85. The van der Waals surface area contributed by atoms with Crippen molar-refractivity contribution in [3.63, 3.8) is 0 Å². The van der Waals surface area contributed by atoms with Gasteiger partial charge in [0.1, 0.15) is 0 Å². The highest BCUT2D eigenvalue weighted by Gasteiger charge is 2.20. The number of amides is 1. The fourth-order valence-corrected chi connectivity index (χ4v) is 1.64. The van der Waals surface area contributed by atoms with Crippen molar-refractivity contribution in [2.24, 2.45) is 0 Å². The topological polar surface area (TPSA) is 68.0 Å². The van der Waals surface area contributed by atoms with E-state index in [9.17, 15) is 4.79 Å². The molecule has 1 amide bonds. The van der Waals surface area contributed by atoms with Gasteiger partial charge in [-0.25, -0.2) is 0 Å². The number of benzene rings is 1. The zero-order valence-corrected chi connectivity index (χ0v) is 11.7. The molecule has 0 radical (unpaired) electrons. The third-order valence-corrected chi connectivity index (χ3v) is 2.41. The van der Waals surface area contributed by atoms with Crippen LogP contribution in [0.15, 0.2) is 28.7 Å². The zero-order valence-electron chi connectivity index (χ0n) is 10.9. The van der Waals surface area contributed by atoms with E-state index in [4.69, 9.17) is 16.0 Å². The quantitative estimate of drug-likeness (QED) is 0.918. The van der Waals surface area contributed by atoms with Crippen LogP contribution in [0.1, 0.15) is 31.5 Å². The molecular formula is C13H14ClN3O2. The maximum Gasteiger partial charge on any atom is 0.309 e. The summed E-state index contributed by atoms with van der Waals surface area (Å²) >= 11 is 5.88. The van der Waals surface area contributed by atoms with Crippen LogP contribution in [-0.2, 0) is 0 Å². The Morgan fingerprint density at radius 3 is 2.68 bits per heavy atom. The van der Waals surface area contributed by atoms with E-state index >= 15 is 0 Å². The number of nitrogens with one attached hydrogen (secondary N) is 1. The van der Waals surface area contributed by atoms with E-state index in [1.165, 1.54) is 0 Å². The summed E-state index contributed by atoms with van der Waals surface area (Å²) in [4.78, 5) is 11.8. The lowest BCUT2D eigenvalue weighted by Gasteiger charge is -2.18. The zero-order chi connectivity index (χ0) is 14.0. The van der Waals surface area contributed by atoms with Crippen molar-refractivity contribution < 1.29 is 9.21 Å². The normalized spacial score (nSPS) is 11.4. The van der Waals surface area contributed by atoms with Crippen molar-refractivity contribution in [1.29, 1.82) is 0 Å². The highest BCUT2D eigenvalue weighted by molar-refractivity contribution is 6.30. The van der Waals surface area contributed by atoms with Gasteiger partial charge in [-0.2, -0.15) is 0 Å². The molecule has 1 heterocycles. The van der Waals surface area contributed by atoms with Crippen molar-refractivity contribution in [2.75, 3.05) is 0 Å². The summed E-state index contributed by atoms with van der Waals surface area (Å²) in [6.45, 7) is 5.62. The van der Waals surface area contributed by atoms with E-state index in [1.807, 2.05) is 20.8 Å². The van der Waals surface area contributed by atoms with E-state index in [2.05, 4.69) is 15.5 Å². The van der Waals surface area contributed by atoms with Gasteiger partial charge in [0.2, 0.25) is 5.89 Å². The molecule has 0 spiro atoms. The summed E-state index contributed by atoms with van der Waals surface area (Å²) in [6.07, 6.45) is 0. The van der Waals surface area contributed by atoms with Gasteiger partial charge in [-0.15, -0.1) is 10.2 Å². The largest absolute Gasteiger partial charge is 0.412 e. The van der Waals surface area contributed by atoms with Crippen molar-refractivity contribution >= 4 is 17.5 Å². The Morgan fingerprint density at radius 2 is 2.05 bits per heavy atom. The average Bonchev–Trinajstić information content (AvgIpc) is 2.75. The molecule has 0 unspecified atom stereocenters. The molecule has 5 nitrogen and oxygen atoms in total. The SMILES string of the molecule is CC(C)(C)NC(=O)c1nnc(-c2cccc(Cl)c2)o1. The van der Waals surface area contributed by atoms with Crippen LogP contribution in [-0.4, -0.2) is 21.6 Å². The molecule has 1 N–H and O–H groups in total. The fourth-order valence-electron chi connectivity index (χ4n) is 1.45. The maximum atomic E-state index is 11.8. The third kappa shape index (κ3) is 3.54. The van der Waals surface area contributed by atoms with Gasteiger partial charge in [-0.1, -0.05) is 17.7 Å². The Bertz CT molecular complexity index is 602. The minimum absolute atomic E-state index is 0.0649. The number of rotatable bonds is 2. The second kappa shape index (κ2) is 5.01. The highest BCUT2D eigenvalue weighted by Crippen LogP contribution is 2.21. The number of hydrogen-bond acceptors (Lipinski definition) is 4. The Balaban J connectivity index is 2.22. The van der Waals surface area contributed by atoms with Crippen LogP contribution >= 0.6 is 11.6 Å². The van der Waals surface area contributed by atoms with Crippen LogP contribution in [0, 0.1) is 0 Å². The van der Waals surface area contributed by atoms with Crippen molar-refractivity contribution in [3.8, 4) is 11.5 Å². The summed E-state index contributed by atoms with van der Waals surface area (Å²) in [5.74, 6) is -0.195. The number of hydrogen-bond donors (Lipinski definition) is 1. The number of carbonyl (C=O) groups is 1. The van der Waals surface area contributed by atoms with Gasteiger partial charge in [-0.3, -0.25) is 4.79 Å². The van der Waals surface area contributed by atoms with Crippen LogP contribution in [0.25, 0.3) is 11.5 Å². The first-order valence-corrected chi connectivity index (χ1v) is 6.15.